The molecular weight excluding hydrogens is 352 g/mol. The molecule has 0 aliphatic heterocycles. The highest BCUT2D eigenvalue weighted by atomic mass is 79.9. The van der Waals surface area contributed by atoms with Gasteiger partial charge < -0.3 is 5.73 Å². The van der Waals surface area contributed by atoms with Crippen LogP contribution < -0.4 is 5.73 Å². The van der Waals surface area contributed by atoms with Gasteiger partial charge in [-0.25, -0.2) is 12.7 Å². The minimum Gasteiger partial charge on any atom is -0.399 e. The molecule has 0 radical (unpaired) electrons. The van der Waals surface area contributed by atoms with Crippen molar-refractivity contribution >= 4 is 31.6 Å². The maximum atomic E-state index is 12.3. The van der Waals surface area contributed by atoms with Gasteiger partial charge >= 0.3 is 0 Å². The molecular formula is C15H17BrN2O2S. The number of rotatable bonds is 5. The number of benzene rings is 2. The van der Waals surface area contributed by atoms with Crippen LogP contribution in [0, 0.1) is 0 Å². The molecule has 2 rings (SSSR count). The van der Waals surface area contributed by atoms with Crippen molar-refractivity contribution < 1.29 is 8.42 Å². The molecule has 0 aromatic heterocycles. The van der Waals surface area contributed by atoms with E-state index in [1.165, 1.54) is 4.31 Å². The average molecular weight is 369 g/mol. The van der Waals surface area contributed by atoms with Crippen molar-refractivity contribution in [1.29, 1.82) is 0 Å². The van der Waals surface area contributed by atoms with Crippen molar-refractivity contribution in [1.82, 2.24) is 4.31 Å². The summed E-state index contributed by atoms with van der Waals surface area (Å²) in [4.78, 5) is 0. The second-order valence-corrected chi connectivity index (χ2v) is 7.87. The lowest BCUT2D eigenvalue weighted by Gasteiger charge is -2.17. The zero-order chi connectivity index (χ0) is 15.5. The van der Waals surface area contributed by atoms with Crippen LogP contribution in [0.1, 0.15) is 11.1 Å². The summed E-state index contributed by atoms with van der Waals surface area (Å²) in [5.41, 5.74) is 7.90. The lowest BCUT2D eigenvalue weighted by atomic mass is 10.2. The van der Waals surface area contributed by atoms with Gasteiger partial charge in [0, 0.05) is 23.8 Å². The van der Waals surface area contributed by atoms with Crippen LogP contribution in [0.15, 0.2) is 53.0 Å². The highest BCUT2D eigenvalue weighted by Crippen LogP contribution is 2.16. The maximum absolute atomic E-state index is 12.3. The van der Waals surface area contributed by atoms with Crippen LogP contribution in [0.3, 0.4) is 0 Å². The number of nitrogens with two attached hydrogens (primary N) is 1. The van der Waals surface area contributed by atoms with E-state index in [4.69, 9.17) is 5.73 Å². The highest BCUT2D eigenvalue weighted by Gasteiger charge is 2.18. The molecule has 2 aromatic carbocycles. The van der Waals surface area contributed by atoms with Gasteiger partial charge in [-0.2, -0.15) is 0 Å². The van der Waals surface area contributed by atoms with E-state index in [2.05, 4.69) is 15.9 Å². The van der Waals surface area contributed by atoms with Crippen LogP contribution in [-0.2, 0) is 22.3 Å². The topological polar surface area (TPSA) is 63.4 Å². The molecule has 0 saturated heterocycles. The standard InChI is InChI=1S/C15H17BrN2O2S/c1-18(10-12-2-6-14(16)7-3-12)21(19,20)11-13-4-8-15(17)9-5-13/h2-9H,10-11,17H2,1H3. The van der Waals surface area contributed by atoms with Crippen molar-refractivity contribution in [2.24, 2.45) is 0 Å². The first-order chi connectivity index (χ1) is 9.87. The fourth-order valence-electron chi connectivity index (χ4n) is 1.88. The Morgan fingerprint density at radius 2 is 1.52 bits per heavy atom. The van der Waals surface area contributed by atoms with E-state index in [9.17, 15) is 8.42 Å². The van der Waals surface area contributed by atoms with Crippen molar-refractivity contribution in [3.8, 4) is 0 Å². The van der Waals surface area contributed by atoms with Crippen LogP contribution in [-0.4, -0.2) is 19.8 Å². The minimum absolute atomic E-state index is 0.0275. The molecule has 112 valence electrons. The van der Waals surface area contributed by atoms with Crippen molar-refractivity contribution in [2.75, 3.05) is 12.8 Å². The normalized spacial score (nSPS) is 11.8. The third-order valence-corrected chi connectivity index (χ3v) is 5.43. The Labute approximate surface area is 133 Å². The zero-order valence-corrected chi connectivity index (χ0v) is 14.1. The van der Waals surface area contributed by atoms with Crippen molar-refractivity contribution in [3.63, 3.8) is 0 Å². The number of hydrogen-bond donors (Lipinski definition) is 1. The predicted molar refractivity (Wildman–Crippen MR) is 89.1 cm³/mol. The molecule has 0 heterocycles. The number of hydrogen-bond acceptors (Lipinski definition) is 3. The Kier molecular flexibility index (Phi) is 5.03. The predicted octanol–water partition coefficient (Wildman–Crippen LogP) is 2.99. The molecule has 0 bridgehead atoms. The Balaban J connectivity index is 2.07. The van der Waals surface area contributed by atoms with E-state index in [0.29, 0.717) is 12.2 Å². The number of nitrogen functional groups attached to an aromatic ring is 1. The van der Waals surface area contributed by atoms with Crippen LogP contribution in [0.2, 0.25) is 0 Å². The minimum atomic E-state index is -3.35. The first kappa shape index (κ1) is 16.0. The maximum Gasteiger partial charge on any atom is 0.218 e. The number of anilines is 1. The number of halogens is 1. The first-order valence-corrected chi connectivity index (χ1v) is 8.80. The fourth-order valence-corrected chi connectivity index (χ4v) is 3.32. The van der Waals surface area contributed by atoms with Gasteiger partial charge in [-0.3, -0.25) is 0 Å². The van der Waals surface area contributed by atoms with E-state index >= 15 is 0 Å². The summed E-state index contributed by atoms with van der Waals surface area (Å²) in [6, 6.07) is 14.5. The van der Waals surface area contributed by atoms with Crippen LogP contribution >= 0.6 is 15.9 Å². The van der Waals surface area contributed by atoms with Gasteiger partial charge in [0.2, 0.25) is 10.0 Å². The second kappa shape index (κ2) is 6.60. The number of nitrogens with zero attached hydrogens (tertiary/aromatic N) is 1. The summed E-state index contributed by atoms with van der Waals surface area (Å²) in [5, 5.41) is 0. The van der Waals surface area contributed by atoms with E-state index in [1.54, 1.807) is 31.3 Å². The molecule has 0 unspecified atom stereocenters. The lowest BCUT2D eigenvalue weighted by molar-refractivity contribution is 0.466. The van der Waals surface area contributed by atoms with E-state index in [-0.39, 0.29) is 5.75 Å². The van der Waals surface area contributed by atoms with Gasteiger partial charge in [0.05, 0.1) is 5.75 Å². The largest absolute Gasteiger partial charge is 0.399 e. The molecule has 2 N–H and O–H groups in total. The monoisotopic (exact) mass is 368 g/mol. The average Bonchev–Trinajstić information content (AvgIpc) is 2.43. The number of sulfonamides is 1. The van der Waals surface area contributed by atoms with Crippen LogP contribution in [0.5, 0.6) is 0 Å². The van der Waals surface area contributed by atoms with Gasteiger partial charge in [-0.1, -0.05) is 40.2 Å². The Hall–Kier alpha value is -1.37. The fraction of sp³-hybridized carbons (Fsp3) is 0.200. The molecule has 0 aliphatic rings. The molecule has 21 heavy (non-hydrogen) atoms. The Bertz CT molecular complexity index is 697. The Morgan fingerprint density at radius 1 is 1.00 bits per heavy atom. The van der Waals surface area contributed by atoms with Gasteiger partial charge in [0.25, 0.3) is 0 Å². The van der Waals surface area contributed by atoms with E-state index in [1.807, 2.05) is 24.3 Å². The van der Waals surface area contributed by atoms with Gasteiger partial charge in [0.1, 0.15) is 0 Å². The quantitative estimate of drug-likeness (QED) is 0.825. The molecule has 0 atom stereocenters. The molecule has 2 aromatic rings. The third kappa shape index (κ3) is 4.56. The van der Waals surface area contributed by atoms with Crippen molar-refractivity contribution in [3.05, 3.63) is 64.1 Å². The first-order valence-electron chi connectivity index (χ1n) is 6.40. The summed E-state index contributed by atoms with van der Waals surface area (Å²) in [5.74, 6) is -0.0275. The second-order valence-electron chi connectivity index (χ2n) is 4.88. The van der Waals surface area contributed by atoms with Crippen LogP contribution in [0.4, 0.5) is 5.69 Å². The molecule has 0 saturated carbocycles. The Morgan fingerprint density at radius 3 is 2.10 bits per heavy atom. The molecule has 0 amide bonds. The summed E-state index contributed by atoms with van der Waals surface area (Å²) < 4.78 is 27.0. The van der Waals surface area contributed by atoms with Gasteiger partial charge in [-0.05, 0) is 35.4 Å². The summed E-state index contributed by atoms with van der Waals surface area (Å²) >= 11 is 3.36. The SMILES string of the molecule is CN(Cc1ccc(Br)cc1)S(=O)(=O)Cc1ccc(N)cc1. The smallest absolute Gasteiger partial charge is 0.218 e. The summed E-state index contributed by atoms with van der Waals surface area (Å²) in [6.07, 6.45) is 0. The van der Waals surface area contributed by atoms with Crippen molar-refractivity contribution in [2.45, 2.75) is 12.3 Å². The highest BCUT2D eigenvalue weighted by molar-refractivity contribution is 9.10. The summed E-state index contributed by atoms with van der Waals surface area (Å²) in [7, 11) is -1.76. The molecule has 4 nitrogen and oxygen atoms in total. The zero-order valence-electron chi connectivity index (χ0n) is 11.7. The summed E-state index contributed by atoms with van der Waals surface area (Å²) in [6.45, 7) is 0.352. The van der Waals surface area contributed by atoms with Gasteiger partial charge in [-0.15, -0.1) is 0 Å². The molecule has 6 heteroatoms. The van der Waals surface area contributed by atoms with E-state index in [0.717, 1.165) is 15.6 Å². The lowest BCUT2D eigenvalue weighted by Crippen LogP contribution is -2.27. The molecule has 0 aliphatic carbocycles. The molecule has 0 spiro atoms. The molecule has 0 fully saturated rings. The van der Waals surface area contributed by atoms with Gasteiger partial charge in [0.15, 0.2) is 0 Å². The van der Waals surface area contributed by atoms with Crippen LogP contribution in [0.25, 0.3) is 0 Å². The third-order valence-electron chi connectivity index (χ3n) is 3.12. The van der Waals surface area contributed by atoms with E-state index < -0.39 is 10.0 Å².